The number of hydrogen-bond donors (Lipinski definition) is 1. The van der Waals surface area contributed by atoms with Crippen LogP contribution in [0.25, 0.3) is 10.2 Å². The number of thiophene rings is 1. The molecule has 116 valence electrons. The first-order valence-corrected chi connectivity index (χ1v) is 7.94. The van der Waals surface area contributed by atoms with Crippen LogP contribution in [0.4, 0.5) is 10.2 Å². The molecule has 4 heterocycles. The van der Waals surface area contributed by atoms with Crippen molar-refractivity contribution in [2.45, 2.75) is 6.04 Å². The number of anilines is 1. The Morgan fingerprint density at radius 3 is 3.04 bits per heavy atom. The minimum Gasteiger partial charge on any atom is -0.351 e. The molecule has 1 aliphatic heterocycles. The van der Waals surface area contributed by atoms with Crippen LogP contribution in [0.15, 0.2) is 36.2 Å². The fourth-order valence-electron chi connectivity index (χ4n) is 2.57. The van der Waals surface area contributed by atoms with Gasteiger partial charge in [-0.15, -0.1) is 11.3 Å². The van der Waals surface area contributed by atoms with Crippen LogP contribution in [-0.4, -0.2) is 40.0 Å². The molecular weight excluding hydrogens is 317 g/mol. The van der Waals surface area contributed by atoms with Gasteiger partial charge in [-0.05, 0) is 17.5 Å². The van der Waals surface area contributed by atoms with Gasteiger partial charge in [-0.25, -0.2) is 14.4 Å². The summed E-state index contributed by atoms with van der Waals surface area (Å²) >= 11 is 1.59. The van der Waals surface area contributed by atoms with Crippen LogP contribution in [0.5, 0.6) is 0 Å². The summed E-state index contributed by atoms with van der Waals surface area (Å²) in [6.07, 6.45) is 3.98. The SMILES string of the molecule is O=C(NC1CN(c2ncnc3ccsc23)C1)c1ccncc1F. The number of rotatable bonds is 3. The van der Waals surface area contributed by atoms with E-state index in [9.17, 15) is 9.18 Å². The van der Waals surface area contributed by atoms with Crippen molar-refractivity contribution in [2.75, 3.05) is 18.0 Å². The highest BCUT2D eigenvalue weighted by Gasteiger charge is 2.31. The molecule has 0 atom stereocenters. The second-order valence-electron chi connectivity index (χ2n) is 5.26. The summed E-state index contributed by atoms with van der Waals surface area (Å²) in [4.78, 5) is 26.3. The van der Waals surface area contributed by atoms with E-state index in [0.29, 0.717) is 13.1 Å². The summed E-state index contributed by atoms with van der Waals surface area (Å²) in [7, 11) is 0. The predicted octanol–water partition coefficient (Wildman–Crippen LogP) is 1.84. The van der Waals surface area contributed by atoms with Gasteiger partial charge in [0.1, 0.15) is 12.1 Å². The van der Waals surface area contributed by atoms with Gasteiger partial charge in [0, 0.05) is 19.3 Å². The molecule has 0 radical (unpaired) electrons. The molecular formula is C15H12FN5OS. The van der Waals surface area contributed by atoms with Crippen LogP contribution in [0.2, 0.25) is 0 Å². The predicted molar refractivity (Wildman–Crippen MR) is 85.1 cm³/mol. The Morgan fingerprint density at radius 2 is 2.22 bits per heavy atom. The van der Waals surface area contributed by atoms with Crippen LogP contribution in [0, 0.1) is 5.82 Å². The summed E-state index contributed by atoms with van der Waals surface area (Å²) in [5.41, 5.74) is 0.937. The summed E-state index contributed by atoms with van der Waals surface area (Å²) in [5.74, 6) is -0.152. The maximum atomic E-state index is 13.5. The molecule has 0 unspecified atom stereocenters. The largest absolute Gasteiger partial charge is 0.351 e. The van der Waals surface area contributed by atoms with Crippen LogP contribution in [0.1, 0.15) is 10.4 Å². The lowest BCUT2D eigenvalue weighted by atomic mass is 10.1. The molecule has 3 aromatic heterocycles. The molecule has 0 aliphatic carbocycles. The summed E-state index contributed by atoms with van der Waals surface area (Å²) in [6, 6.07) is 3.30. The standard InChI is InChI=1S/C15H12FN5OS/c16-11-5-17-3-1-10(11)15(22)20-9-6-21(7-9)14-13-12(2-4-23-13)18-8-19-14/h1-5,8-9H,6-7H2,(H,20,22). The molecule has 4 rings (SSSR count). The first kappa shape index (κ1) is 14.0. The van der Waals surface area contributed by atoms with Crippen molar-refractivity contribution in [3.8, 4) is 0 Å². The van der Waals surface area contributed by atoms with Crippen molar-refractivity contribution in [3.63, 3.8) is 0 Å². The fourth-order valence-corrected chi connectivity index (χ4v) is 3.43. The Kier molecular flexibility index (Phi) is 3.38. The van der Waals surface area contributed by atoms with Crippen LogP contribution in [-0.2, 0) is 0 Å². The van der Waals surface area contributed by atoms with Crippen molar-refractivity contribution < 1.29 is 9.18 Å². The summed E-state index contributed by atoms with van der Waals surface area (Å²) in [5, 5.41) is 4.81. The normalized spacial score (nSPS) is 14.7. The van der Waals surface area contributed by atoms with E-state index in [1.165, 1.54) is 12.3 Å². The Labute approximate surface area is 135 Å². The maximum absolute atomic E-state index is 13.5. The molecule has 1 saturated heterocycles. The summed E-state index contributed by atoms with van der Waals surface area (Å²) < 4.78 is 14.6. The minimum absolute atomic E-state index is 0.0149. The number of halogens is 1. The Hall–Kier alpha value is -2.61. The second kappa shape index (κ2) is 5.54. The van der Waals surface area contributed by atoms with E-state index in [1.54, 1.807) is 17.7 Å². The van der Waals surface area contributed by atoms with Crippen molar-refractivity contribution in [3.05, 3.63) is 47.6 Å². The minimum atomic E-state index is -0.614. The number of carbonyl (C=O) groups excluding carboxylic acids is 1. The van der Waals surface area contributed by atoms with Gasteiger partial charge in [0.2, 0.25) is 0 Å². The van der Waals surface area contributed by atoms with Crippen molar-refractivity contribution in [1.29, 1.82) is 0 Å². The molecule has 0 spiro atoms. The molecule has 1 amide bonds. The molecule has 1 fully saturated rings. The molecule has 23 heavy (non-hydrogen) atoms. The van der Waals surface area contributed by atoms with Gasteiger partial charge >= 0.3 is 0 Å². The molecule has 0 aromatic carbocycles. The van der Waals surface area contributed by atoms with E-state index >= 15 is 0 Å². The van der Waals surface area contributed by atoms with Gasteiger partial charge < -0.3 is 10.2 Å². The molecule has 0 bridgehead atoms. The molecule has 8 heteroatoms. The van der Waals surface area contributed by atoms with Gasteiger partial charge in [-0.3, -0.25) is 9.78 Å². The third-order valence-electron chi connectivity index (χ3n) is 3.76. The lowest BCUT2D eigenvalue weighted by molar-refractivity contribution is 0.0926. The molecule has 6 nitrogen and oxygen atoms in total. The number of amides is 1. The zero-order valence-electron chi connectivity index (χ0n) is 11.9. The topological polar surface area (TPSA) is 71.0 Å². The zero-order chi connectivity index (χ0) is 15.8. The van der Waals surface area contributed by atoms with Crippen LogP contribution in [0.3, 0.4) is 0 Å². The van der Waals surface area contributed by atoms with Gasteiger partial charge in [-0.1, -0.05) is 0 Å². The number of pyridine rings is 1. The average Bonchev–Trinajstić information content (AvgIpc) is 2.99. The van der Waals surface area contributed by atoms with E-state index in [-0.39, 0.29) is 11.6 Å². The highest BCUT2D eigenvalue weighted by Crippen LogP contribution is 2.30. The number of nitrogens with one attached hydrogen (secondary N) is 1. The smallest absolute Gasteiger partial charge is 0.254 e. The van der Waals surface area contributed by atoms with E-state index < -0.39 is 11.7 Å². The van der Waals surface area contributed by atoms with Gasteiger partial charge in [0.25, 0.3) is 5.91 Å². The van der Waals surface area contributed by atoms with Crippen molar-refractivity contribution in [2.24, 2.45) is 0 Å². The molecule has 1 aliphatic rings. The van der Waals surface area contributed by atoms with E-state index in [2.05, 4.69) is 25.2 Å². The number of aromatic nitrogens is 3. The highest BCUT2D eigenvalue weighted by atomic mass is 32.1. The van der Waals surface area contributed by atoms with Gasteiger partial charge in [0.15, 0.2) is 5.82 Å². The third-order valence-corrected chi connectivity index (χ3v) is 4.66. The fraction of sp³-hybridized carbons (Fsp3) is 0.200. The maximum Gasteiger partial charge on any atom is 0.254 e. The van der Waals surface area contributed by atoms with Gasteiger partial charge in [0.05, 0.1) is 28.0 Å². The third kappa shape index (κ3) is 2.50. The van der Waals surface area contributed by atoms with E-state index in [4.69, 9.17) is 0 Å². The Balaban J connectivity index is 1.43. The van der Waals surface area contributed by atoms with Crippen LogP contribution >= 0.6 is 11.3 Å². The number of fused-ring (bicyclic) bond motifs is 1. The second-order valence-corrected chi connectivity index (χ2v) is 6.18. The lowest BCUT2D eigenvalue weighted by Crippen LogP contribution is -2.59. The van der Waals surface area contributed by atoms with Crippen molar-refractivity contribution >= 4 is 33.3 Å². The van der Waals surface area contributed by atoms with Crippen molar-refractivity contribution in [1.82, 2.24) is 20.3 Å². The van der Waals surface area contributed by atoms with E-state index in [0.717, 1.165) is 22.2 Å². The molecule has 1 N–H and O–H groups in total. The quantitative estimate of drug-likeness (QED) is 0.794. The van der Waals surface area contributed by atoms with Crippen LogP contribution < -0.4 is 10.2 Å². The number of hydrogen-bond acceptors (Lipinski definition) is 6. The van der Waals surface area contributed by atoms with E-state index in [1.807, 2.05) is 11.4 Å². The first-order valence-electron chi connectivity index (χ1n) is 7.06. The zero-order valence-corrected chi connectivity index (χ0v) is 12.8. The molecule has 3 aromatic rings. The number of nitrogens with zero attached hydrogens (tertiary/aromatic N) is 4. The lowest BCUT2D eigenvalue weighted by Gasteiger charge is -2.40. The Morgan fingerprint density at radius 1 is 1.35 bits per heavy atom. The highest BCUT2D eigenvalue weighted by molar-refractivity contribution is 7.17. The van der Waals surface area contributed by atoms with Gasteiger partial charge in [-0.2, -0.15) is 0 Å². The average molecular weight is 329 g/mol. The first-order chi connectivity index (χ1) is 11.2. The number of carbonyl (C=O) groups is 1. The Bertz CT molecular complexity index is 877. The monoisotopic (exact) mass is 329 g/mol. The molecule has 0 saturated carbocycles. The summed E-state index contributed by atoms with van der Waals surface area (Å²) in [6.45, 7) is 1.28.